The summed E-state index contributed by atoms with van der Waals surface area (Å²) in [6.45, 7) is 7.07. The average molecular weight is 307 g/mol. The first-order valence-corrected chi connectivity index (χ1v) is 8.08. The van der Waals surface area contributed by atoms with Crippen molar-refractivity contribution in [3.05, 3.63) is 42.5 Å². The molecule has 0 saturated heterocycles. The second-order valence-electron chi connectivity index (χ2n) is 4.05. The summed E-state index contributed by atoms with van der Waals surface area (Å²) in [5, 5.41) is 12.1. The zero-order chi connectivity index (χ0) is 14.2. The summed E-state index contributed by atoms with van der Waals surface area (Å²) >= 11 is 3.20. The van der Waals surface area contributed by atoms with E-state index in [2.05, 4.69) is 29.0 Å². The lowest BCUT2D eigenvalue weighted by molar-refractivity contribution is 0.344. The number of aryl methyl sites for hydroxylation is 1. The topological polar surface area (TPSA) is 47.0 Å². The molecule has 0 amide bonds. The highest BCUT2D eigenvalue weighted by Crippen LogP contribution is 2.25. The molecule has 2 aromatic rings. The minimum Gasteiger partial charge on any atom is -0.493 e. The summed E-state index contributed by atoms with van der Waals surface area (Å²) in [5.41, 5.74) is 1.24. The molecule has 1 aromatic carbocycles. The predicted octanol–water partition coefficient (Wildman–Crippen LogP) is 3.62. The fraction of sp³-hybridized carbons (Fsp3) is 0.286. The van der Waals surface area contributed by atoms with Gasteiger partial charge in [-0.1, -0.05) is 46.9 Å². The second kappa shape index (κ2) is 7.91. The van der Waals surface area contributed by atoms with Crippen molar-refractivity contribution in [3.63, 3.8) is 0 Å². The van der Waals surface area contributed by atoms with Crippen molar-refractivity contribution >= 4 is 28.2 Å². The SMILES string of the molecule is C=CCNc1nnc(SCCOc2ccc(C)cc2)s1. The molecule has 0 atom stereocenters. The van der Waals surface area contributed by atoms with Gasteiger partial charge in [0, 0.05) is 12.3 Å². The number of nitrogens with zero attached hydrogens (tertiary/aromatic N) is 2. The molecule has 0 fully saturated rings. The monoisotopic (exact) mass is 307 g/mol. The maximum Gasteiger partial charge on any atom is 0.206 e. The van der Waals surface area contributed by atoms with Gasteiger partial charge in [-0.15, -0.1) is 16.8 Å². The Morgan fingerprint density at radius 1 is 1.35 bits per heavy atom. The molecule has 0 aliphatic rings. The van der Waals surface area contributed by atoms with Crippen molar-refractivity contribution < 1.29 is 4.74 Å². The molecule has 6 heteroatoms. The highest BCUT2D eigenvalue weighted by atomic mass is 32.2. The van der Waals surface area contributed by atoms with Crippen LogP contribution in [0.25, 0.3) is 0 Å². The lowest BCUT2D eigenvalue weighted by Gasteiger charge is -2.04. The van der Waals surface area contributed by atoms with Crippen LogP contribution in [-0.4, -0.2) is 29.1 Å². The molecule has 0 bridgehead atoms. The third-order valence-electron chi connectivity index (χ3n) is 2.40. The lowest BCUT2D eigenvalue weighted by Crippen LogP contribution is -1.99. The summed E-state index contributed by atoms with van der Waals surface area (Å²) in [5.74, 6) is 1.76. The van der Waals surface area contributed by atoms with Crippen LogP contribution in [0.3, 0.4) is 0 Å². The normalized spacial score (nSPS) is 10.2. The van der Waals surface area contributed by atoms with Gasteiger partial charge < -0.3 is 10.1 Å². The van der Waals surface area contributed by atoms with Crippen molar-refractivity contribution in [2.75, 3.05) is 24.2 Å². The van der Waals surface area contributed by atoms with E-state index < -0.39 is 0 Å². The van der Waals surface area contributed by atoms with Crippen molar-refractivity contribution in [3.8, 4) is 5.75 Å². The van der Waals surface area contributed by atoms with Crippen LogP contribution in [-0.2, 0) is 0 Å². The first kappa shape index (κ1) is 14.9. The molecular formula is C14H17N3OS2. The summed E-state index contributed by atoms with van der Waals surface area (Å²) < 4.78 is 6.61. The number of nitrogens with one attached hydrogen (secondary N) is 1. The molecule has 106 valence electrons. The summed E-state index contributed by atoms with van der Waals surface area (Å²) in [6, 6.07) is 8.07. The predicted molar refractivity (Wildman–Crippen MR) is 86.0 cm³/mol. The third kappa shape index (κ3) is 4.86. The molecular weight excluding hydrogens is 290 g/mol. The van der Waals surface area contributed by atoms with Crippen LogP contribution in [0.2, 0.25) is 0 Å². The van der Waals surface area contributed by atoms with E-state index in [-0.39, 0.29) is 0 Å². The van der Waals surface area contributed by atoms with E-state index in [1.807, 2.05) is 24.3 Å². The van der Waals surface area contributed by atoms with Crippen molar-refractivity contribution in [2.45, 2.75) is 11.3 Å². The van der Waals surface area contributed by atoms with E-state index in [0.29, 0.717) is 13.2 Å². The van der Waals surface area contributed by atoms with Crippen LogP contribution < -0.4 is 10.1 Å². The largest absolute Gasteiger partial charge is 0.493 e. The van der Waals surface area contributed by atoms with Gasteiger partial charge >= 0.3 is 0 Å². The van der Waals surface area contributed by atoms with E-state index in [9.17, 15) is 0 Å². The van der Waals surface area contributed by atoms with Crippen LogP contribution in [0.4, 0.5) is 5.13 Å². The van der Waals surface area contributed by atoms with E-state index in [1.165, 1.54) is 5.56 Å². The molecule has 2 rings (SSSR count). The third-order valence-corrected chi connectivity index (χ3v) is 4.38. The van der Waals surface area contributed by atoms with Crippen molar-refractivity contribution in [1.29, 1.82) is 0 Å². The van der Waals surface area contributed by atoms with Crippen LogP contribution >= 0.6 is 23.1 Å². The highest BCUT2D eigenvalue weighted by Gasteiger charge is 2.03. The van der Waals surface area contributed by atoms with Crippen LogP contribution in [0, 0.1) is 6.92 Å². The lowest BCUT2D eigenvalue weighted by atomic mass is 10.2. The van der Waals surface area contributed by atoms with Gasteiger partial charge in [-0.05, 0) is 19.1 Å². The van der Waals surface area contributed by atoms with E-state index in [0.717, 1.165) is 21.0 Å². The molecule has 1 N–H and O–H groups in total. The number of anilines is 1. The Hall–Kier alpha value is -1.53. The maximum absolute atomic E-state index is 5.66. The Bertz CT molecular complexity index is 540. The molecule has 1 aromatic heterocycles. The van der Waals surface area contributed by atoms with E-state index >= 15 is 0 Å². The fourth-order valence-electron chi connectivity index (χ4n) is 1.42. The molecule has 0 aliphatic heterocycles. The van der Waals surface area contributed by atoms with E-state index in [1.54, 1.807) is 29.2 Å². The number of rotatable bonds is 8. The first-order chi connectivity index (χ1) is 9.78. The summed E-state index contributed by atoms with van der Waals surface area (Å²) in [7, 11) is 0. The zero-order valence-electron chi connectivity index (χ0n) is 11.3. The number of hydrogen-bond donors (Lipinski definition) is 1. The van der Waals surface area contributed by atoms with Crippen molar-refractivity contribution in [1.82, 2.24) is 10.2 Å². The van der Waals surface area contributed by atoms with Gasteiger partial charge in [0.15, 0.2) is 4.34 Å². The standard InChI is InChI=1S/C14H17N3OS2/c1-3-8-15-13-16-17-14(20-13)19-10-9-18-12-6-4-11(2)5-7-12/h3-7H,1,8-10H2,2H3,(H,15,16). The van der Waals surface area contributed by atoms with Gasteiger partial charge in [-0.3, -0.25) is 0 Å². The number of benzene rings is 1. The summed E-state index contributed by atoms with van der Waals surface area (Å²) in [4.78, 5) is 0. The Kier molecular flexibility index (Phi) is 5.88. The number of ether oxygens (including phenoxy) is 1. The van der Waals surface area contributed by atoms with Crippen LogP contribution in [0.5, 0.6) is 5.75 Å². The molecule has 0 radical (unpaired) electrons. The maximum atomic E-state index is 5.66. The zero-order valence-corrected chi connectivity index (χ0v) is 13.0. The Morgan fingerprint density at radius 3 is 2.90 bits per heavy atom. The second-order valence-corrected chi connectivity index (χ2v) is 6.37. The smallest absolute Gasteiger partial charge is 0.206 e. The molecule has 20 heavy (non-hydrogen) atoms. The minimum atomic E-state index is 0.655. The van der Waals surface area contributed by atoms with Gasteiger partial charge in [0.2, 0.25) is 5.13 Å². The molecule has 0 saturated carbocycles. The number of aromatic nitrogens is 2. The van der Waals surface area contributed by atoms with Crippen molar-refractivity contribution in [2.24, 2.45) is 0 Å². The first-order valence-electron chi connectivity index (χ1n) is 6.28. The molecule has 0 spiro atoms. The summed E-state index contributed by atoms with van der Waals surface area (Å²) in [6.07, 6.45) is 1.80. The number of thioether (sulfide) groups is 1. The minimum absolute atomic E-state index is 0.655. The molecule has 1 heterocycles. The Morgan fingerprint density at radius 2 is 2.15 bits per heavy atom. The van der Waals surface area contributed by atoms with Crippen LogP contribution in [0.1, 0.15) is 5.56 Å². The molecule has 4 nitrogen and oxygen atoms in total. The fourth-order valence-corrected chi connectivity index (χ4v) is 3.07. The average Bonchev–Trinajstić information content (AvgIpc) is 2.91. The van der Waals surface area contributed by atoms with Crippen LogP contribution in [0.15, 0.2) is 41.3 Å². The molecule has 0 aliphatic carbocycles. The van der Waals surface area contributed by atoms with Gasteiger partial charge in [0.1, 0.15) is 5.75 Å². The quantitative estimate of drug-likeness (QED) is 0.458. The molecule has 0 unspecified atom stereocenters. The van der Waals surface area contributed by atoms with Gasteiger partial charge in [-0.25, -0.2) is 0 Å². The highest BCUT2D eigenvalue weighted by molar-refractivity contribution is 8.01. The van der Waals surface area contributed by atoms with E-state index in [4.69, 9.17) is 4.74 Å². The Labute approximate surface area is 127 Å². The van der Waals surface area contributed by atoms with Gasteiger partial charge in [0.05, 0.1) is 6.61 Å². The van der Waals surface area contributed by atoms with Gasteiger partial charge in [-0.2, -0.15) is 0 Å². The number of hydrogen-bond acceptors (Lipinski definition) is 6. The van der Waals surface area contributed by atoms with Gasteiger partial charge in [0.25, 0.3) is 0 Å². The Balaban J connectivity index is 1.69.